The largest absolute Gasteiger partial charge is 0.387 e. The molecule has 0 aliphatic carbocycles. The quantitative estimate of drug-likeness (QED) is 0.875. The molecule has 7 heteroatoms. The third-order valence-corrected chi connectivity index (χ3v) is 4.88. The second kappa shape index (κ2) is 6.26. The van der Waals surface area contributed by atoms with Gasteiger partial charge in [0.05, 0.1) is 5.60 Å². The highest BCUT2D eigenvalue weighted by molar-refractivity contribution is 7.99. The van der Waals surface area contributed by atoms with Crippen molar-refractivity contribution >= 4 is 17.6 Å². The van der Waals surface area contributed by atoms with E-state index < -0.39 is 5.60 Å². The first-order chi connectivity index (χ1) is 10.6. The van der Waals surface area contributed by atoms with Gasteiger partial charge in [0.15, 0.2) is 5.82 Å². The molecule has 0 aromatic carbocycles. The van der Waals surface area contributed by atoms with Gasteiger partial charge in [-0.3, -0.25) is 0 Å². The molecule has 1 aliphatic heterocycles. The number of rotatable bonds is 5. The summed E-state index contributed by atoms with van der Waals surface area (Å²) in [5.74, 6) is 3.88. The summed E-state index contributed by atoms with van der Waals surface area (Å²) >= 11 is 1.78. The Bertz CT molecular complexity index is 638. The smallest absolute Gasteiger partial charge is 0.258 e. The zero-order valence-corrected chi connectivity index (χ0v) is 13.6. The minimum Gasteiger partial charge on any atom is -0.387 e. The highest BCUT2D eigenvalue weighted by Crippen LogP contribution is 2.28. The Kier molecular flexibility index (Phi) is 4.35. The van der Waals surface area contributed by atoms with E-state index in [2.05, 4.69) is 20.4 Å². The lowest BCUT2D eigenvalue weighted by Crippen LogP contribution is -2.36. The summed E-state index contributed by atoms with van der Waals surface area (Å²) in [6.07, 6.45) is 2.51. The van der Waals surface area contributed by atoms with Crippen molar-refractivity contribution in [2.24, 2.45) is 0 Å². The highest BCUT2D eigenvalue weighted by Gasteiger charge is 2.31. The molecule has 3 heterocycles. The van der Waals surface area contributed by atoms with Crippen molar-refractivity contribution in [3.8, 4) is 11.5 Å². The number of aromatic nitrogens is 3. The minimum atomic E-state index is -0.641. The van der Waals surface area contributed by atoms with Crippen LogP contribution in [0.4, 0.5) is 5.82 Å². The number of hydrogen-bond donors (Lipinski definition) is 2. The van der Waals surface area contributed by atoms with Gasteiger partial charge in [0, 0.05) is 30.0 Å². The van der Waals surface area contributed by atoms with Crippen LogP contribution in [0, 0.1) is 0 Å². The zero-order valence-electron chi connectivity index (χ0n) is 12.7. The van der Waals surface area contributed by atoms with Crippen molar-refractivity contribution in [3.05, 3.63) is 24.2 Å². The Hall–Kier alpha value is -1.60. The zero-order chi connectivity index (χ0) is 15.6. The maximum atomic E-state index is 10.4. The Balaban J connectivity index is 1.71. The molecule has 0 saturated carbocycles. The van der Waals surface area contributed by atoms with Crippen LogP contribution in [0.1, 0.15) is 32.0 Å². The van der Waals surface area contributed by atoms with Crippen LogP contribution in [0.25, 0.3) is 11.5 Å². The lowest BCUT2D eigenvalue weighted by Gasteiger charge is -2.21. The summed E-state index contributed by atoms with van der Waals surface area (Å²) in [6.45, 7) is 4.54. The highest BCUT2D eigenvalue weighted by atomic mass is 32.2. The summed E-state index contributed by atoms with van der Waals surface area (Å²) < 4.78 is 5.30. The molecule has 1 fully saturated rings. The summed E-state index contributed by atoms with van der Waals surface area (Å²) in [5.41, 5.74) is 0.183. The summed E-state index contributed by atoms with van der Waals surface area (Å²) in [7, 11) is 0. The molecule has 0 radical (unpaired) electrons. The van der Waals surface area contributed by atoms with Gasteiger partial charge < -0.3 is 14.9 Å². The van der Waals surface area contributed by atoms with Crippen LogP contribution in [0.3, 0.4) is 0 Å². The first-order valence-electron chi connectivity index (χ1n) is 7.40. The Morgan fingerprint density at radius 1 is 1.50 bits per heavy atom. The molecule has 22 heavy (non-hydrogen) atoms. The van der Waals surface area contributed by atoms with Gasteiger partial charge in [0.25, 0.3) is 5.89 Å². The molecule has 2 N–H and O–H groups in total. The SMILES string of the molecule is CC(C)c1noc(-c2ccnc(NCC3(O)CCSC3)c2)n1. The molecule has 2 aromatic heterocycles. The van der Waals surface area contributed by atoms with Crippen LogP contribution in [0.5, 0.6) is 0 Å². The van der Waals surface area contributed by atoms with E-state index in [0.717, 1.165) is 23.5 Å². The number of pyridine rings is 1. The van der Waals surface area contributed by atoms with E-state index in [0.29, 0.717) is 24.1 Å². The van der Waals surface area contributed by atoms with Gasteiger partial charge in [-0.2, -0.15) is 16.7 Å². The fourth-order valence-corrected chi connectivity index (χ4v) is 3.53. The number of nitrogens with zero attached hydrogens (tertiary/aromatic N) is 3. The third kappa shape index (κ3) is 3.41. The number of thioether (sulfide) groups is 1. The molecule has 0 amide bonds. The van der Waals surface area contributed by atoms with Gasteiger partial charge in [-0.05, 0) is 24.3 Å². The maximum Gasteiger partial charge on any atom is 0.258 e. The number of nitrogens with one attached hydrogen (secondary N) is 1. The van der Waals surface area contributed by atoms with E-state index in [-0.39, 0.29) is 5.92 Å². The monoisotopic (exact) mass is 320 g/mol. The van der Waals surface area contributed by atoms with Crippen molar-refractivity contribution in [2.45, 2.75) is 31.8 Å². The Morgan fingerprint density at radius 3 is 3.05 bits per heavy atom. The fourth-order valence-electron chi connectivity index (χ4n) is 2.24. The van der Waals surface area contributed by atoms with E-state index in [1.54, 1.807) is 18.0 Å². The molecule has 1 saturated heterocycles. The average Bonchev–Trinajstić information content (AvgIpc) is 3.15. The van der Waals surface area contributed by atoms with E-state index in [9.17, 15) is 5.11 Å². The molecule has 0 bridgehead atoms. The topological polar surface area (TPSA) is 84.1 Å². The normalized spacial score (nSPS) is 21.5. The molecule has 0 spiro atoms. The van der Waals surface area contributed by atoms with Crippen LogP contribution in [-0.2, 0) is 0 Å². The predicted molar refractivity (Wildman–Crippen MR) is 87.0 cm³/mol. The molecule has 6 nitrogen and oxygen atoms in total. The summed E-state index contributed by atoms with van der Waals surface area (Å²) in [6, 6.07) is 3.70. The van der Waals surface area contributed by atoms with Gasteiger partial charge in [-0.1, -0.05) is 19.0 Å². The van der Waals surface area contributed by atoms with Gasteiger partial charge in [-0.25, -0.2) is 4.98 Å². The van der Waals surface area contributed by atoms with Gasteiger partial charge in [0.1, 0.15) is 5.82 Å². The van der Waals surface area contributed by atoms with Crippen molar-refractivity contribution in [1.82, 2.24) is 15.1 Å². The van der Waals surface area contributed by atoms with Crippen LogP contribution >= 0.6 is 11.8 Å². The third-order valence-electron chi connectivity index (χ3n) is 3.65. The second-order valence-corrected chi connectivity index (χ2v) is 7.03. The van der Waals surface area contributed by atoms with Gasteiger partial charge in [0.2, 0.25) is 0 Å². The molecule has 3 rings (SSSR count). The van der Waals surface area contributed by atoms with Gasteiger partial charge >= 0.3 is 0 Å². The van der Waals surface area contributed by atoms with Crippen LogP contribution in [0.15, 0.2) is 22.9 Å². The fraction of sp³-hybridized carbons (Fsp3) is 0.533. The first kappa shape index (κ1) is 15.3. The van der Waals surface area contributed by atoms with Crippen LogP contribution in [-0.4, -0.2) is 43.9 Å². The van der Waals surface area contributed by atoms with E-state index in [4.69, 9.17) is 4.52 Å². The Labute approximate surface area is 133 Å². The van der Waals surface area contributed by atoms with Crippen molar-refractivity contribution in [3.63, 3.8) is 0 Å². The maximum absolute atomic E-state index is 10.4. The van der Waals surface area contributed by atoms with Crippen molar-refractivity contribution in [2.75, 3.05) is 23.4 Å². The van der Waals surface area contributed by atoms with Crippen LogP contribution in [0.2, 0.25) is 0 Å². The van der Waals surface area contributed by atoms with E-state index in [1.165, 1.54) is 0 Å². The second-order valence-electron chi connectivity index (χ2n) is 5.92. The number of aliphatic hydroxyl groups is 1. The van der Waals surface area contributed by atoms with Crippen molar-refractivity contribution < 1.29 is 9.63 Å². The molecular weight excluding hydrogens is 300 g/mol. The first-order valence-corrected chi connectivity index (χ1v) is 8.55. The number of hydrogen-bond acceptors (Lipinski definition) is 7. The summed E-state index contributed by atoms with van der Waals surface area (Å²) in [5, 5.41) is 17.5. The predicted octanol–water partition coefficient (Wildman–Crippen LogP) is 2.53. The van der Waals surface area contributed by atoms with Crippen molar-refractivity contribution in [1.29, 1.82) is 0 Å². The summed E-state index contributed by atoms with van der Waals surface area (Å²) in [4.78, 5) is 8.67. The standard InChI is InChI=1S/C15H20N4O2S/c1-10(2)13-18-14(21-19-13)11-3-5-16-12(7-11)17-8-15(20)4-6-22-9-15/h3,5,7,10,20H,4,6,8-9H2,1-2H3,(H,16,17). The molecular formula is C15H20N4O2S. The number of anilines is 1. The van der Waals surface area contributed by atoms with Gasteiger partial charge in [-0.15, -0.1) is 0 Å². The van der Waals surface area contributed by atoms with E-state index >= 15 is 0 Å². The molecule has 2 aromatic rings. The lowest BCUT2D eigenvalue weighted by atomic mass is 10.0. The molecule has 1 atom stereocenters. The van der Waals surface area contributed by atoms with Crippen LogP contribution < -0.4 is 5.32 Å². The molecule has 1 aliphatic rings. The Morgan fingerprint density at radius 2 is 2.36 bits per heavy atom. The molecule has 1 unspecified atom stereocenters. The lowest BCUT2D eigenvalue weighted by molar-refractivity contribution is 0.0819. The van der Waals surface area contributed by atoms with E-state index in [1.807, 2.05) is 26.0 Å². The average molecular weight is 320 g/mol. The molecule has 118 valence electrons. The minimum absolute atomic E-state index is 0.228.